The molecule has 2 aliphatic rings. The molecule has 2 nitrogen and oxygen atoms in total. The molecule has 0 saturated heterocycles. The summed E-state index contributed by atoms with van der Waals surface area (Å²) in [6.45, 7) is 3.77. The van der Waals surface area contributed by atoms with Crippen molar-refractivity contribution >= 4 is 5.97 Å². The molecule has 1 aromatic carbocycles. The predicted molar refractivity (Wildman–Crippen MR) is 116 cm³/mol. The maximum Gasteiger partial charge on any atom is 0.308 e. The molecule has 1 aromatic rings. The molecule has 2 saturated carbocycles. The average Bonchev–Trinajstić information content (AvgIpc) is 2.72. The van der Waals surface area contributed by atoms with Crippen LogP contribution in [0, 0.1) is 23.7 Å². The highest BCUT2D eigenvalue weighted by molar-refractivity contribution is 5.69. The number of aryl methyl sites for hydroxylation is 1. The fourth-order valence-corrected chi connectivity index (χ4v) is 5.65. The fraction of sp³-hybridized carbons (Fsp3) is 0.731. The zero-order valence-electron chi connectivity index (χ0n) is 18.1. The minimum atomic E-state index is -0.251. The van der Waals surface area contributed by atoms with E-state index < -0.39 is 0 Å². The van der Waals surface area contributed by atoms with Crippen molar-refractivity contribution in [3.63, 3.8) is 0 Å². The van der Waals surface area contributed by atoms with Gasteiger partial charge in [0.2, 0.25) is 0 Å². The lowest BCUT2D eigenvalue weighted by Crippen LogP contribution is -2.26. The molecule has 0 aliphatic heterocycles. The number of benzene rings is 1. The van der Waals surface area contributed by atoms with Crippen molar-refractivity contribution in [3.05, 3.63) is 29.8 Å². The van der Waals surface area contributed by atoms with E-state index in [1.807, 2.05) is 12.1 Å². The number of hydrogen-bond acceptors (Lipinski definition) is 2. The molecule has 0 atom stereocenters. The summed E-state index contributed by atoms with van der Waals surface area (Å²) in [5, 5.41) is 0. The van der Waals surface area contributed by atoms with E-state index in [-0.39, 0.29) is 5.97 Å². The summed E-state index contributed by atoms with van der Waals surface area (Å²) in [4.78, 5) is 11.0. The first-order chi connectivity index (χ1) is 13.6. The minimum absolute atomic E-state index is 0.251. The Kier molecular flexibility index (Phi) is 8.43. The number of unbranched alkanes of at least 4 members (excludes halogenated alkanes) is 1. The molecule has 0 heterocycles. The minimum Gasteiger partial charge on any atom is -0.427 e. The third-order valence-electron chi connectivity index (χ3n) is 7.44. The van der Waals surface area contributed by atoms with Gasteiger partial charge in [0.15, 0.2) is 0 Å². The molecule has 0 aromatic heterocycles. The zero-order chi connectivity index (χ0) is 19.8. The normalized spacial score (nSPS) is 28.1. The number of carbonyl (C=O) groups is 1. The molecule has 0 bridgehead atoms. The van der Waals surface area contributed by atoms with Gasteiger partial charge in [-0.1, -0.05) is 64.0 Å². The summed E-state index contributed by atoms with van der Waals surface area (Å²) < 4.78 is 5.12. The van der Waals surface area contributed by atoms with Gasteiger partial charge in [0, 0.05) is 6.92 Å². The molecular weight excluding hydrogens is 344 g/mol. The number of hydrogen-bond donors (Lipinski definition) is 0. The van der Waals surface area contributed by atoms with Crippen LogP contribution < -0.4 is 4.74 Å². The molecule has 0 radical (unpaired) electrons. The van der Waals surface area contributed by atoms with Crippen molar-refractivity contribution in [2.24, 2.45) is 23.7 Å². The largest absolute Gasteiger partial charge is 0.427 e. The summed E-state index contributed by atoms with van der Waals surface area (Å²) in [5.74, 6) is 4.41. The monoisotopic (exact) mass is 384 g/mol. The fourth-order valence-electron chi connectivity index (χ4n) is 5.65. The number of rotatable bonds is 8. The van der Waals surface area contributed by atoms with E-state index >= 15 is 0 Å². The maximum absolute atomic E-state index is 11.0. The quantitative estimate of drug-likeness (QED) is 0.346. The highest BCUT2D eigenvalue weighted by atomic mass is 16.5. The number of ether oxygens (including phenoxy) is 1. The Bertz CT molecular complexity index is 575. The van der Waals surface area contributed by atoms with Crippen LogP contribution in [-0.4, -0.2) is 5.97 Å². The van der Waals surface area contributed by atoms with E-state index in [0.29, 0.717) is 5.75 Å². The van der Waals surface area contributed by atoms with E-state index in [4.69, 9.17) is 4.74 Å². The van der Waals surface area contributed by atoms with Crippen molar-refractivity contribution in [3.8, 4) is 5.75 Å². The van der Waals surface area contributed by atoms with Crippen LogP contribution in [0.1, 0.15) is 96.5 Å². The molecule has 2 fully saturated rings. The van der Waals surface area contributed by atoms with E-state index in [9.17, 15) is 4.79 Å². The van der Waals surface area contributed by atoms with Gasteiger partial charge in [0.05, 0.1) is 0 Å². The molecule has 2 aliphatic carbocycles. The van der Waals surface area contributed by atoms with Gasteiger partial charge in [-0.2, -0.15) is 0 Å². The van der Waals surface area contributed by atoms with Crippen molar-refractivity contribution in [2.45, 2.75) is 97.3 Å². The molecule has 28 heavy (non-hydrogen) atoms. The van der Waals surface area contributed by atoms with Gasteiger partial charge in [-0.3, -0.25) is 4.79 Å². The Labute approximate surface area is 172 Å². The van der Waals surface area contributed by atoms with Crippen LogP contribution in [0.15, 0.2) is 24.3 Å². The van der Waals surface area contributed by atoms with Gasteiger partial charge < -0.3 is 4.74 Å². The Balaban J connectivity index is 1.34. The SMILES string of the molecule is CCCCC1CCC(C2CCC(CCc3ccc(OC(C)=O)cc3)CC2)CC1. The Morgan fingerprint density at radius 1 is 0.857 bits per heavy atom. The standard InChI is InChI=1S/C26H40O2/c1-3-4-5-21-8-14-24(15-9-21)25-16-10-22(11-17-25)6-7-23-12-18-26(19-13-23)28-20(2)27/h12-13,18-19,21-22,24-25H,3-11,14-17H2,1-2H3. The van der Waals surface area contributed by atoms with Gasteiger partial charge in [-0.15, -0.1) is 0 Å². The third-order valence-corrected chi connectivity index (χ3v) is 7.44. The lowest BCUT2D eigenvalue weighted by atomic mass is 9.68. The first-order valence-corrected chi connectivity index (χ1v) is 11.9. The molecule has 0 spiro atoms. The number of esters is 1. The van der Waals surface area contributed by atoms with Crippen molar-refractivity contribution in [2.75, 3.05) is 0 Å². The Morgan fingerprint density at radius 3 is 1.89 bits per heavy atom. The van der Waals surface area contributed by atoms with Crippen molar-refractivity contribution in [1.82, 2.24) is 0 Å². The molecule has 0 amide bonds. The second kappa shape index (κ2) is 11.0. The smallest absolute Gasteiger partial charge is 0.308 e. The summed E-state index contributed by atoms with van der Waals surface area (Å²) >= 11 is 0. The van der Waals surface area contributed by atoms with Gasteiger partial charge in [-0.25, -0.2) is 0 Å². The summed E-state index contributed by atoms with van der Waals surface area (Å²) in [5.41, 5.74) is 1.36. The molecule has 0 unspecified atom stereocenters. The van der Waals surface area contributed by atoms with Crippen molar-refractivity contribution in [1.29, 1.82) is 0 Å². The van der Waals surface area contributed by atoms with E-state index in [0.717, 1.165) is 30.1 Å². The molecule has 3 rings (SSSR count). The summed E-state index contributed by atoms with van der Waals surface area (Å²) in [6.07, 6.45) is 18.6. The van der Waals surface area contributed by atoms with Crippen LogP contribution in [-0.2, 0) is 11.2 Å². The predicted octanol–water partition coefficient (Wildman–Crippen LogP) is 7.35. The van der Waals surface area contributed by atoms with Crippen LogP contribution >= 0.6 is 0 Å². The van der Waals surface area contributed by atoms with Gasteiger partial charge in [0.1, 0.15) is 5.75 Å². The third kappa shape index (κ3) is 6.64. The highest BCUT2D eigenvalue weighted by Crippen LogP contribution is 2.43. The highest BCUT2D eigenvalue weighted by Gasteiger charge is 2.30. The number of carbonyl (C=O) groups excluding carboxylic acids is 1. The van der Waals surface area contributed by atoms with Crippen LogP contribution in [0.4, 0.5) is 0 Å². The topological polar surface area (TPSA) is 26.3 Å². The molecule has 2 heteroatoms. The lowest BCUT2D eigenvalue weighted by Gasteiger charge is -2.38. The lowest BCUT2D eigenvalue weighted by molar-refractivity contribution is -0.131. The first kappa shape index (κ1) is 21.4. The Morgan fingerprint density at radius 2 is 1.39 bits per heavy atom. The van der Waals surface area contributed by atoms with E-state index in [2.05, 4.69) is 19.1 Å². The zero-order valence-corrected chi connectivity index (χ0v) is 18.1. The average molecular weight is 385 g/mol. The van der Waals surface area contributed by atoms with Gasteiger partial charge in [0.25, 0.3) is 0 Å². The molecular formula is C26H40O2. The van der Waals surface area contributed by atoms with Crippen LogP contribution in [0.3, 0.4) is 0 Å². The first-order valence-electron chi connectivity index (χ1n) is 11.9. The molecule has 0 N–H and O–H groups in total. The summed E-state index contributed by atoms with van der Waals surface area (Å²) in [6, 6.07) is 8.07. The second-order valence-corrected chi connectivity index (χ2v) is 9.48. The molecule has 156 valence electrons. The van der Waals surface area contributed by atoms with Gasteiger partial charge in [-0.05, 0) is 79.9 Å². The van der Waals surface area contributed by atoms with Crippen LogP contribution in [0.25, 0.3) is 0 Å². The second-order valence-electron chi connectivity index (χ2n) is 9.48. The van der Waals surface area contributed by atoms with E-state index in [1.54, 1.807) is 0 Å². The van der Waals surface area contributed by atoms with E-state index in [1.165, 1.54) is 89.5 Å². The maximum atomic E-state index is 11.0. The Hall–Kier alpha value is -1.31. The van der Waals surface area contributed by atoms with Crippen molar-refractivity contribution < 1.29 is 9.53 Å². The van der Waals surface area contributed by atoms with Gasteiger partial charge >= 0.3 is 5.97 Å². The summed E-state index contributed by atoms with van der Waals surface area (Å²) in [7, 11) is 0. The van der Waals surface area contributed by atoms with Crippen LogP contribution in [0.2, 0.25) is 0 Å². The van der Waals surface area contributed by atoms with Crippen LogP contribution in [0.5, 0.6) is 5.75 Å².